The number of pyridine rings is 1. The summed E-state index contributed by atoms with van der Waals surface area (Å²) < 4.78 is 18.3. The predicted octanol–water partition coefficient (Wildman–Crippen LogP) is 7.16. The van der Waals surface area contributed by atoms with Gasteiger partial charge in [-0.3, -0.25) is 4.98 Å². The number of ether oxygens (including phenoxy) is 3. The second-order valence-corrected chi connectivity index (χ2v) is 13.1. The van der Waals surface area contributed by atoms with Crippen molar-refractivity contribution in [1.29, 1.82) is 0 Å². The number of aromatic nitrogens is 1. The third-order valence-corrected chi connectivity index (χ3v) is 10.5. The number of hydrogen-bond donors (Lipinski definition) is 2. The highest BCUT2D eigenvalue weighted by molar-refractivity contribution is 6.30. The first-order chi connectivity index (χ1) is 21.0. The highest BCUT2D eigenvalue weighted by atomic mass is 35.5. The summed E-state index contributed by atoms with van der Waals surface area (Å²) in [7, 11) is 0. The maximum absolute atomic E-state index is 12.8. The van der Waals surface area contributed by atoms with Crippen LogP contribution >= 0.6 is 11.6 Å². The van der Waals surface area contributed by atoms with Gasteiger partial charge in [0.1, 0.15) is 24.5 Å². The number of carboxylic acids is 1. The second-order valence-electron chi connectivity index (χ2n) is 12.7. The van der Waals surface area contributed by atoms with Crippen LogP contribution in [-0.2, 0) is 29.5 Å². The summed E-state index contributed by atoms with van der Waals surface area (Å²) in [6.45, 7) is 1.77. The van der Waals surface area contributed by atoms with Crippen LogP contribution < -0.4 is 19.5 Å². The van der Waals surface area contributed by atoms with Crippen LogP contribution in [0.2, 0.25) is 5.02 Å². The summed E-state index contributed by atoms with van der Waals surface area (Å²) in [5.41, 5.74) is 4.68. The van der Waals surface area contributed by atoms with E-state index in [1.165, 1.54) is 35.2 Å². The lowest BCUT2D eigenvalue weighted by Gasteiger charge is -2.47. The van der Waals surface area contributed by atoms with Crippen molar-refractivity contribution in [2.24, 2.45) is 5.92 Å². The van der Waals surface area contributed by atoms with Gasteiger partial charge in [0.05, 0.1) is 6.61 Å². The van der Waals surface area contributed by atoms with Gasteiger partial charge in [0.15, 0.2) is 11.5 Å². The van der Waals surface area contributed by atoms with Gasteiger partial charge in [0.2, 0.25) is 0 Å². The Hall–Kier alpha value is -3.45. The molecule has 2 heterocycles. The third-order valence-electron chi connectivity index (χ3n) is 10.3. The van der Waals surface area contributed by atoms with E-state index in [4.69, 9.17) is 25.8 Å². The molecule has 0 amide bonds. The van der Waals surface area contributed by atoms with Gasteiger partial charge in [-0.1, -0.05) is 17.7 Å². The fraction of sp³-hybridized carbons (Fsp3) is 0.486. The zero-order valence-electron chi connectivity index (χ0n) is 24.5. The number of halogens is 1. The van der Waals surface area contributed by atoms with Gasteiger partial charge < -0.3 is 24.6 Å². The van der Waals surface area contributed by atoms with E-state index < -0.39 is 11.5 Å². The number of fused-ring (bicyclic) bond motifs is 4. The number of rotatable bonds is 8. The molecule has 43 heavy (non-hydrogen) atoms. The van der Waals surface area contributed by atoms with Crippen LogP contribution in [0.4, 0.5) is 5.69 Å². The van der Waals surface area contributed by atoms with E-state index in [1.807, 2.05) is 24.4 Å². The van der Waals surface area contributed by atoms with Crippen LogP contribution in [0.1, 0.15) is 73.8 Å². The number of nitrogens with zero attached hydrogens (tertiary/aromatic N) is 1. The van der Waals surface area contributed by atoms with Gasteiger partial charge in [-0.15, -0.1) is 0 Å². The lowest BCUT2D eigenvalue weighted by Crippen LogP contribution is -2.53. The van der Waals surface area contributed by atoms with Crippen molar-refractivity contribution in [3.63, 3.8) is 0 Å². The minimum Gasteiger partial charge on any atom is -0.493 e. The molecule has 1 unspecified atom stereocenters. The standard InChI is InChI=1S/C35H39ClN2O5/c36-25-6-3-7-26(21-25)38-35(33(39)40)13-11-34(12-14-35)24(19-23-20-31-32(22-28(23)34)43-18-17-42-31)5-4-16-41-30-10-15-37-29-9-2-1-8-27(29)30/h3,6-7,10,15,20-22,24,38H,1-2,4-5,8-9,11-14,16-19H2,(H,39,40). The zero-order valence-corrected chi connectivity index (χ0v) is 25.3. The van der Waals surface area contributed by atoms with Gasteiger partial charge in [0.25, 0.3) is 0 Å². The number of nitrogens with one attached hydrogen (secondary N) is 1. The number of aryl methyl sites for hydroxylation is 1. The molecule has 0 radical (unpaired) electrons. The maximum atomic E-state index is 12.8. The van der Waals surface area contributed by atoms with E-state index in [-0.39, 0.29) is 5.41 Å². The Kier molecular flexibility index (Phi) is 7.62. The summed E-state index contributed by atoms with van der Waals surface area (Å²) >= 11 is 6.23. The molecule has 8 heteroatoms. The van der Waals surface area contributed by atoms with E-state index in [0.29, 0.717) is 43.6 Å². The van der Waals surface area contributed by atoms with Crippen molar-refractivity contribution in [2.75, 3.05) is 25.1 Å². The summed E-state index contributed by atoms with van der Waals surface area (Å²) in [4.78, 5) is 17.4. The van der Waals surface area contributed by atoms with Crippen LogP contribution in [0.5, 0.6) is 17.2 Å². The quantitative estimate of drug-likeness (QED) is 0.264. The number of benzene rings is 2. The Labute approximate surface area is 257 Å². The monoisotopic (exact) mass is 602 g/mol. The molecule has 3 aliphatic carbocycles. The lowest BCUT2D eigenvalue weighted by molar-refractivity contribution is -0.144. The Morgan fingerprint density at radius 3 is 2.63 bits per heavy atom. The number of carbonyl (C=O) groups is 1. The Balaban J connectivity index is 1.11. The molecule has 1 fully saturated rings. The Morgan fingerprint density at radius 2 is 1.84 bits per heavy atom. The van der Waals surface area contributed by atoms with Crippen LogP contribution in [0.15, 0.2) is 48.7 Å². The van der Waals surface area contributed by atoms with Crippen molar-refractivity contribution < 1.29 is 24.1 Å². The first-order valence-electron chi connectivity index (χ1n) is 15.8. The van der Waals surface area contributed by atoms with Gasteiger partial charge >= 0.3 is 5.97 Å². The van der Waals surface area contributed by atoms with Crippen LogP contribution in [-0.4, -0.2) is 41.4 Å². The van der Waals surface area contributed by atoms with Crippen LogP contribution in [0.3, 0.4) is 0 Å². The molecular formula is C35H39ClN2O5. The van der Waals surface area contributed by atoms with Crippen molar-refractivity contribution in [1.82, 2.24) is 4.98 Å². The summed E-state index contributed by atoms with van der Waals surface area (Å²) in [6, 6.07) is 13.7. The molecule has 3 aromatic rings. The maximum Gasteiger partial charge on any atom is 0.329 e. The van der Waals surface area contributed by atoms with Gasteiger partial charge in [0, 0.05) is 28.2 Å². The van der Waals surface area contributed by atoms with Gasteiger partial charge in [-0.25, -0.2) is 4.79 Å². The molecule has 7 rings (SSSR count). The molecule has 1 saturated carbocycles. The van der Waals surface area contributed by atoms with E-state index in [1.54, 1.807) is 12.1 Å². The number of aliphatic carboxylic acids is 1. The molecule has 0 saturated heterocycles. The summed E-state index contributed by atoms with van der Waals surface area (Å²) in [5.74, 6) is 2.20. The van der Waals surface area contributed by atoms with Crippen LogP contribution in [0.25, 0.3) is 0 Å². The molecule has 4 aliphatic rings. The summed E-state index contributed by atoms with van der Waals surface area (Å²) in [6.07, 6.45) is 11.9. The predicted molar refractivity (Wildman–Crippen MR) is 166 cm³/mol. The molecule has 1 atom stereocenters. The fourth-order valence-electron chi connectivity index (χ4n) is 8.10. The number of anilines is 1. The first kappa shape index (κ1) is 28.3. The number of carboxylic acid groups (broad SMARTS) is 1. The smallest absolute Gasteiger partial charge is 0.329 e. The average Bonchev–Trinajstić information content (AvgIpc) is 3.30. The van der Waals surface area contributed by atoms with Gasteiger partial charge in [-0.2, -0.15) is 0 Å². The van der Waals surface area contributed by atoms with Gasteiger partial charge in [-0.05, 0) is 129 Å². The molecular weight excluding hydrogens is 564 g/mol. The Morgan fingerprint density at radius 1 is 1.05 bits per heavy atom. The Bertz CT molecular complexity index is 1520. The molecule has 2 aromatic carbocycles. The SMILES string of the molecule is O=C(O)C1(Nc2cccc(Cl)c2)CCC2(CC1)c1cc3c(cc1CC2CCCOc1ccnc2c1CCCC2)OCCO3. The van der Waals surface area contributed by atoms with Crippen molar-refractivity contribution in [2.45, 2.75) is 81.6 Å². The van der Waals surface area contributed by atoms with E-state index >= 15 is 0 Å². The van der Waals surface area contributed by atoms with E-state index in [2.05, 4.69) is 22.4 Å². The first-order valence-corrected chi connectivity index (χ1v) is 16.1. The van der Waals surface area contributed by atoms with E-state index in [0.717, 1.165) is 67.9 Å². The average molecular weight is 603 g/mol. The molecule has 1 spiro atoms. The van der Waals surface area contributed by atoms with E-state index in [9.17, 15) is 9.90 Å². The highest BCUT2D eigenvalue weighted by Gasteiger charge is 2.54. The van der Waals surface area contributed by atoms with Crippen molar-refractivity contribution >= 4 is 23.3 Å². The molecule has 2 N–H and O–H groups in total. The topological polar surface area (TPSA) is 89.9 Å². The third kappa shape index (κ3) is 5.30. The van der Waals surface area contributed by atoms with Crippen molar-refractivity contribution in [3.8, 4) is 17.2 Å². The molecule has 226 valence electrons. The minimum absolute atomic E-state index is 0.115. The molecule has 1 aliphatic heterocycles. The summed E-state index contributed by atoms with van der Waals surface area (Å²) in [5, 5.41) is 14.4. The normalized spacial score (nSPS) is 25.6. The molecule has 0 bridgehead atoms. The number of hydrogen-bond acceptors (Lipinski definition) is 6. The molecule has 1 aromatic heterocycles. The van der Waals surface area contributed by atoms with Crippen molar-refractivity contribution in [3.05, 3.63) is 76.1 Å². The van der Waals surface area contributed by atoms with Crippen LogP contribution in [0, 0.1) is 5.92 Å². The minimum atomic E-state index is -1.04. The highest BCUT2D eigenvalue weighted by Crippen LogP contribution is 2.57. The largest absolute Gasteiger partial charge is 0.493 e. The molecule has 7 nitrogen and oxygen atoms in total. The lowest BCUT2D eigenvalue weighted by atomic mass is 9.60. The second kappa shape index (κ2) is 11.6. The zero-order chi connectivity index (χ0) is 29.4. The fourth-order valence-corrected chi connectivity index (χ4v) is 8.29.